The van der Waals surface area contributed by atoms with Crippen LogP contribution in [0.2, 0.25) is 0 Å². The summed E-state index contributed by atoms with van der Waals surface area (Å²) in [6, 6.07) is 4.12. The van der Waals surface area contributed by atoms with Gasteiger partial charge in [0, 0.05) is 20.4 Å². The van der Waals surface area contributed by atoms with Crippen molar-refractivity contribution in [3.8, 4) is 6.01 Å². The summed E-state index contributed by atoms with van der Waals surface area (Å²) in [7, 11) is -1.92. The minimum absolute atomic E-state index is 0. The number of benzene rings is 1. The molecule has 27 heavy (non-hydrogen) atoms. The van der Waals surface area contributed by atoms with Gasteiger partial charge in [0.15, 0.2) is 0 Å². The van der Waals surface area contributed by atoms with Crippen LogP contribution >= 0.6 is 0 Å². The Bertz CT molecular complexity index is 953. The van der Waals surface area contributed by atoms with E-state index in [0.29, 0.717) is 0 Å². The molecule has 1 aromatic carbocycles. The van der Waals surface area contributed by atoms with Gasteiger partial charge in [0.05, 0.1) is 19.8 Å². The van der Waals surface area contributed by atoms with Crippen LogP contribution in [0.3, 0.4) is 0 Å². The Kier molecular flexibility index (Phi) is 7.77. The number of hydrogen-bond donors (Lipinski definition) is 2. The Morgan fingerprint density at radius 1 is 1.07 bits per heavy atom. The quantitative estimate of drug-likeness (QED) is 0.492. The Labute approximate surface area is 168 Å². The maximum absolute atomic E-state index is 12.4. The van der Waals surface area contributed by atoms with Gasteiger partial charge in [0.25, 0.3) is 10.0 Å². The summed E-state index contributed by atoms with van der Waals surface area (Å²) in [5.41, 5.74) is -0.215. The number of hydrogen-bond acceptors (Lipinski definition) is 9. The first kappa shape index (κ1) is 22.4. The molecule has 0 atom stereocenters. The Hall–Kier alpha value is -2.62. The van der Waals surface area contributed by atoms with Crippen molar-refractivity contribution in [3.05, 3.63) is 35.7 Å². The van der Waals surface area contributed by atoms with E-state index in [-0.39, 0.29) is 43.8 Å². The Balaban J connectivity index is 0.00000364. The average Bonchev–Trinajstić information content (AvgIpc) is 2.59. The molecule has 0 aliphatic rings. The van der Waals surface area contributed by atoms with Crippen LogP contribution in [0.15, 0.2) is 29.2 Å². The van der Waals surface area contributed by atoms with Crippen molar-refractivity contribution in [2.45, 2.75) is 11.8 Å². The van der Waals surface area contributed by atoms with E-state index in [1.807, 2.05) is 0 Å². The molecule has 0 saturated heterocycles. The molecule has 0 unspecified atom stereocenters. The zero-order chi connectivity index (χ0) is 19.3. The summed E-state index contributed by atoms with van der Waals surface area (Å²) in [5.74, 6) is -0.807. The van der Waals surface area contributed by atoms with E-state index >= 15 is 0 Å². The molecular formula is C14H15N5O6ReS. The summed E-state index contributed by atoms with van der Waals surface area (Å²) < 4.78 is 36.0. The fraction of sp³-hybridized carbons (Fsp3) is 0.214. The number of nitrogens with one attached hydrogen (secondary N) is 2. The minimum atomic E-state index is -4.36. The van der Waals surface area contributed by atoms with E-state index in [2.05, 4.69) is 25.0 Å². The molecule has 0 fully saturated rings. The maximum atomic E-state index is 12.4. The number of amides is 2. The number of ether oxygens (including phenoxy) is 2. The van der Waals surface area contributed by atoms with Gasteiger partial charge >= 0.3 is 18.0 Å². The van der Waals surface area contributed by atoms with Gasteiger partial charge in [-0.1, -0.05) is 12.1 Å². The van der Waals surface area contributed by atoms with Crippen LogP contribution in [0.5, 0.6) is 6.01 Å². The number of esters is 1. The van der Waals surface area contributed by atoms with Gasteiger partial charge in [-0.3, -0.25) is 5.32 Å². The summed E-state index contributed by atoms with van der Waals surface area (Å²) >= 11 is 0. The van der Waals surface area contributed by atoms with Gasteiger partial charge in [-0.2, -0.15) is 15.0 Å². The second-order valence-corrected chi connectivity index (χ2v) is 6.39. The number of rotatable bonds is 5. The number of nitrogens with zero attached hydrogens (tertiary/aromatic N) is 3. The SMILES string of the molecule is COC(=O)c1ccccc1S(=O)(=O)NC(=O)Nc1nc(C)nc(OC)n1.[Re]. The number of carbonyl (C=O) groups excluding carboxylic acids is 2. The molecular weight excluding hydrogens is 552 g/mol. The molecule has 2 aromatic rings. The molecule has 0 bridgehead atoms. The topological polar surface area (TPSA) is 149 Å². The number of sulfonamides is 1. The van der Waals surface area contributed by atoms with Crippen molar-refractivity contribution in [1.82, 2.24) is 19.7 Å². The maximum Gasteiger partial charge on any atom is 0.339 e. The molecule has 0 aliphatic heterocycles. The van der Waals surface area contributed by atoms with Crippen molar-refractivity contribution < 1.29 is 47.9 Å². The van der Waals surface area contributed by atoms with E-state index in [1.54, 1.807) is 4.72 Å². The fourth-order valence-electron chi connectivity index (χ4n) is 1.89. The van der Waals surface area contributed by atoms with Crippen LogP contribution in [0, 0.1) is 6.92 Å². The monoisotopic (exact) mass is 568 g/mol. The predicted octanol–water partition coefficient (Wildman–Crippen LogP) is 0.483. The predicted molar refractivity (Wildman–Crippen MR) is 88.2 cm³/mol. The van der Waals surface area contributed by atoms with Gasteiger partial charge in [-0.25, -0.2) is 22.7 Å². The molecule has 145 valence electrons. The van der Waals surface area contributed by atoms with Crippen LogP contribution in [-0.4, -0.2) is 49.6 Å². The van der Waals surface area contributed by atoms with Crippen molar-refractivity contribution in [3.63, 3.8) is 0 Å². The third kappa shape index (κ3) is 5.68. The first-order chi connectivity index (χ1) is 12.3. The minimum Gasteiger partial charge on any atom is -0.467 e. The van der Waals surface area contributed by atoms with Crippen molar-refractivity contribution >= 4 is 28.0 Å². The molecule has 13 heteroatoms. The number of aryl methyl sites for hydroxylation is 1. The molecule has 1 radical (unpaired) electrons. The smallest absolute Gasteiger partial charge is 0.339 e. The molecule has 1 aromatic heterocycles. The Morgan fingerprint density at radius 2 is 1.74 bits per heavy atom. The zero-order valence-electron chi connectivity index (χ0n) is 14.4. The van der Waals surface area contributed by atoms with E-state index < -0.39 is 26.9 Å². The van der Waals surface area contributed by atoms with Crippen molar-refractivity contribution in [2.75, 3.05) is 19.5 Å². The fourth-order valence-corrected chi connectivity index (χ4v) is 2.99. The van der Waals surface area contributed by atoms with Crippen LogP contribution in [0.25, 0.3) is 0 Å². The molecule has 0 saturated carbocycles. The Morgan fingerprint density at radius 3 is 2.37 bits per heavy atom. The molecule has 1 heterocycles. The average molecular weight is 568 g/mol. The van der Waals surface area contributed by atoms with Crippen LogP contribution in [-0.2, 0) is 35.2 Å². The first-order valence-corrected chi connectivity index (χ1v) is 8.53. The molecule has 0 aliphatic carbocycles. The standard InChI is InChI=1S/C14H15N5O6S.Re/c1-8-15-12(18-14(16-8)25-3)17-13(21)19-26(22,23)10-7-5-4-6-9(10)11(20)24-2;/h4-7H,1-3H3,(H2,15,16,17,18,19,21);. The van der Waals surface area contributed by atoms with Gasteiger partial charge in [0.2, 0.25) is 5.95 Å². The number of carbonyl (C=O) groups is 2. The molecule has 11 nitrogen and oxygen atoms in total. The zero-order valence-corrected chi connectivity index (χ0v) is 17.9. The summed E-state index contributed by atoms with van der Waals surface area (Å²) in [4.78, 5) is 34.7. The van der Waals surface area contributed by atoms with E-state index in [1.165, 1.54) is 32.2 Å². The first-order valence-electron chi connectivity index (χ1n) is 7.04. The van der Waals surface area contributed by atoms with Gasteiger partial charge in [-0.05, 0) is 19.1 Å². The molecule has 0 spiro atoms. The van der Waals surface area contributed by atoms with E-state index in [9.17, 15) is 18.0 Å². The van der Waals surface area contributed by atoms with Crippen LogP contribution in [0.1, 0.15) is 16.2 Å². The largest absolute Gasteiger partial charge is 0.467 e. The van der Waals surface area contributed by atoms with Crippen molar-refractivity contribution in [2.24, 2.45) is 0 Å². The van der Waals surface area contributed by atoms with E-state index in [0.717, 1.165) is 13.2 Å². The van der Waals surface area contributed by atoms with Gasteiger partial charge < -0.3 is 9.47 Å². The summed E-state index contributed by atoms with van der Waals surface area (Å²) in [6.45, 7) is 1.54. The normalized spacial score (nSPS) is 10.3. The molecule has 2 rings (SSSR count). The number of aromatic nitrogens is 3. The number of anilines is 1. The third-order valence-electron chi connectivity index (χ3n) is 2.94. The van der Waals surface area contributed by atoms with Crippen LogP contribution < -0.4 is 14.8 Å². The third-order valence-corrected chi connectivity index (χ3v) is 4.33. The summed E-state index contributed by atoms with van der Waals surface area (Å²) in [5, 5.41) is 2.16. The summed E-state index contributed by atoms with van der Waals surface area (Å²) in [6.07, 6.45) is 0. The van der Waals surface area contributed by atoms with Gasteiger partial charge in [0.1, 0.15) is 10.7 Å². The van der Waals surface area contributed by atoms with Gasteiger partial charge in [-0.15, -0.1) is 0 Å². The number of urea groups is 1. The van der Waals surface area contributed by atoms with Crippen LogP contribution in [0.4, 0.5) is 10.7 Å². The van der Waals surface area contributed by atoms with Crippen molar-refractivity contribution in [1.29, 1.82) is 0 Å². The second-order valence-electron chi connectivity index (χ2n) is 4.74. The molecule has 2 amide bonds. The van der Waals surface area contributed by atoms with E-state index in [4.69, 9.17) is 4.74 Å². The second kappa shape index (κ2) is 9.36. The molecule has 2 N–H and O–H groups in total. The number of methoxy groups -OCH3 is 2.